The van der Waals surface area contributed by atoms with Crippen LogP contribution in [0.25, 0.3) is 0 Å². The van der Waals surface area contributed by atoms with E-state index in [9.17, 15) is 12.6 Å². The Bertz CT molecular complexity index is 524. The quantitative estimate of drug-likeness (QED) is 0.413. The average Bonchev–Trinajstić information content (AvgIpc) is 2.44. The van der Waals surface area contributed by atoms with Gasteiger partial charge in [0.2, 0.25) is 0 Å². The first-order chi connectivity index (χ1) is 10.7. The van der Waals surface area contributed by atoms with Crippen molar-refractivity contribution in [2.45, 2.75) is 78.1 Å². The minimum atomic E-state index is -5.89. The van der Waals surface area contributed by atoms with Crippen molar-refractivity contribution in [1.82, 2.24) is 0 Å². The third-order valence-corrected chi connectivity index (χ3v) is 6.69. The van der Waals surface area contributed by atoms with Crippen molar-refractivity contribution in [2.24, 2.45) is 0 Å². The van der Waals surface area contributed by atoms with Gasteiger partial charge in [0.1, 0.15) is 0 Å². The van der Waals surface area contributed by atoms with Crippen LogP contribution in [0.3, 0.4) is 0 Å². The molecule has 24 heavy (non-hydrogen) atoms. The van der Waals surface area contributed by atoms with Crippen LogP contribution < -0.4 is 0 Å². The fourth-order valence-electron chi connectivity index (χ4n) is 2.65. The van der Waals surface area contributed by atoms with Gasteiger partial charge in [-0.05, 0) is 0 Å². The third-order valence-electron chi connectivity index (χ3n) is 5.42. The fraction of sp³-hybridized carbons (Fsp3) is 0.700. The number of hydrogen-bond acceptors (Lipinski definition) is 0. The van der Waals surface area contributed by atoms with E-state index in [0.29, 0.717) is 13.1 Å². The van der Waals surface area contributed by atoms with Crippen molar-refractivity contribution >= 4 is 7.54 Å². The fourth-order valence-corrected chi connectivity index (χ4v) is 3.48. The summed E-state index contributed by atoms with van der Waals surface area (Å²) >= 11 is 0. The topological polar surface area (TPSA) is 0 Å². The van der Waals surface area contributed by atoms with Gasteiger partial charge >= 0.3 is 146 Å². The molecule has 0 aliphatic carbocycles. The maximum atomic E-state index is 13.2. The van der Waals surface area contributed by atoms with Crippen LogP contribution in [-0.4, -0.2) is 12.8 Å². The predicted molar refractivity (Wildman–Crippen MR) is 102 cm³/mol. The molecule has 0 amide bonds. The summed E-state index contributed by atoms with van der Waals surface area (Å²) in [5, 5.41) is 0. The number of aryl methyl sites for hydroxylation is 1. The molecular weight excluding hydrogens is 328 g/mol. The molecule has 0 unspecified atom stereocenters. The Hall–Kier alpha value is -0.560. The van der Waals surface area contributed by atoms with E-state index in [4.69, 9.17) is 0 Å². The third kappa shape index (κ3) is 6.39. The van der Waals surface area contributed by atoms with Gasteiger partial charge in [0.05, 0.1) is 0 Å². The maximum absolute atomic E-state index is 13.2. The molecule has 0 saturated heterocycles. The van der Waals surface area contributed by atoms with E-state index in [1.807, 2.05) is 0 Å². The Balaban J connectivity index is 3.16. The normalized spacial score (nSPS) is 15.2. The molecule has 0 aliphatic rings. The van der Waals surface area contributed by atoms with E-state index >= 15 is 0 Å². The first-order valence-corrected chi connectivity index (χ1v) is 11.5. The van der Waals surface area contributed by atoms with Crippen molar-refractivity contribution in [2.75, 3.05) is 12.8 Å². The summed E-state index contributed by atoms with van der Waals surface area (Å²) in [5.74, 6) is 0. The molecule has 0 aliphatic heterocycles. The second-order valence-electron chi connectivity index (χ2n) is 8.59. The molecule has 0 fully saturated rings. The molecule has 1 rings (SSSR count). The Morgan fingerprint density at radius 3 is 1.58 bits per heavy atom. The van der Waals surface area contributed by atoms with Crippen LogP contribution in [0.15, 0.2) is 18.2 Å². The van der Waals surface area contributed by atoms with Crippen LogP contribution >= 0.6 is 7.54 Å². The number of benzene rings is 1. The van der Waals surface area contributed by atoms with Gasteiger partial charge in [0.25, 0.3) is 0 Å². The van der Waals surface area contributed by atoms with Crippen LogP contribution in [0.4, 0.5) is 12.6 Å². The van der Waals surface area contributed by atoms with Crippen LogP contribution in [0.2, 0.25) is 0 Å². The summed E-state index contributed by atoms with van der Waals surface area (Å²) in [5.41, 5.74) is 3.62. The standard InChI is InChI=1S/C20H34F3P/c1-8-19(3,4)17-13-16(11-10-12-24(7,21,22)23)14-18(15-17)20(5,6)9-2/h13-15H,8-12H2,1-7H3. The van der Waals surface area contributed by atoms with Gasteiger partial charge in [-0.3, -0.25) is 0 Å². The second-order valence-corrected chi connectivity index (χ2v) is 11.8. The molecule has 0 radical (unpaired) electrons. The van der Waals surface area contributed by atoms with Gasteiger partial charge in [0, 0.05) is 0 Å². The summed E-state index contributed by atoms with van der Waals surface area (Å²) in [7, 11) is -5.89. The molecule has 0 spiro atoms. The SMILES string of the molecule is CCC(C)(C)c1cc(CCCP(C)(F)(F)F)cc(C(C)(C)CC)c1. The number of rotatable bonds is 8. The molecule has 140 valence electrons. The van der Waals surface area contributed by atoms with Crippen molar-refractivity contribution in [3.8, 4) is 0 Å². The van der Waals surface area contributed by atoms with Gasteiger partial charge < -0.3 is 0 Å². The van der Waals surface area contributed by atoms with Gasteiger partial charge in [-0.15, -0.1) is 0 Å². The molecule has 0 heterocycles. The number of halogens is 3. The Morgan fingerprint density at radius 1 is 0.833 bits per heavy atom. The summed E-state index contributed by atoms with van der Waals surface area (Å²) < 4.78 is 39.7. The first kappa shape index (κ1) is 21.5. The van der Waals surface area contributed by atoms with E-state index in [1.165, 1.54) is 11.1 Å². The molecule has 1 aromatic rings. The van der Waals surface area contributed by atoms with Crippen molar-refractivity contribution < 1.29 is 12.6 Å². The molecule has 4 heteroatoms. The van der Waals surface area contributed by atoms with E-state index in [2.05, 4.69) is 59.7 Å². The van der Waals surface area contributed by atoms with Crippen molar-refractivity contribution in [1.29, 1.82) is 0 Å². The van der Waals surface area contributed by atoms with E-state index in [1.54, 1.807) is 0 Å². The van der Waals surface area contributed by atoms with Crippen molar-refractivity contribution in [3.63, 3.8) is 0 Å². The predicted octanol–water partition coefficient (Wildman–Crippen LogP) is 7.83. The Kier molecular flexibility index (Phi) is 6.25. The van der Waals surface area contributed by atoms with E-state index < -0.39 is 13.7 Å². The average molecular weight is 362 g/mol. The first-order valence-electron chi connectivity index (χ1n) is 8.98. The van der Waals surface area contributed by atoms with Gasteiger partial charge in [0.15, 0.2) is 0 Å². The van der Waals surface area contributed by atoms with Crippen LogP contribution in [0.1, 0.15) is 77.5 Å². The van der Waals surface area contributed by atoms with Crippen LogP contribution in [-0.2, 0) is 17.3 Å². The molecule has 0 bridgehead atoms. The second kappa shape index (κ2) is 6.98. The molecule has 0 saturated carbocycles. The van der Waals surface area contributed by atoms with Gasteiger partial charge in [-0.2, -0.15) is 0 Å². The summed E-state index contributed by atoms with van der Waals surface area (Å²) in [6, 6.07) is 6.51. The molecule has 0 N–H and O–H groups in total. The number of hydrogen-bond donors (Lipinski definition) is 0. The van der Waals surface area contributed by atoms with E-state index in [-0.39, 0.29) is 17.3 Å². The summed E-state index contributed by atoms with van der Waals surface area (Å²) in [4.78, 5) is 0. The van der Waals surface area contributed by atoms with Gasteiger partial charge in [-0.25, -0.2) is 0 Å². The monoisotopic (exact) mass is 362 g/mol. The molecule has 1 aromatic carbocycles. The Labute approximate surface area is 146 Å². The van der Waals surface area contributed by atoms with Crippen molar-refractivity contribution in [3.05, 3.63) is 34.9 Å². The molecule has 0 atom stereocenters. The zero-order valence-electron chi connectivity index (χ0n) is 16.3. The molecule has 0 nitrogen and oxygen atoms in total. The van der Waals surface area contributed by atoms with E-state index in [0.717, 1.165) is 18.4 Å². The van der Waals surface area contributed by atoms with Gasteiger partial charge in [-0.1, -0.05) is 0 Å². The van der Waals surface area contributed by atoms with Crippen LogP contribution in [0.5, 0.6) is 0 Å². The zero-order chi connectivity index (χ0) is 18.8. The Morgan fingerprint density at radius 2 is 1.25 bits per heavy atom. The summed E-state index contributed by atoms with van der Waals surface area (Å²) in [6.45, 7) is 13.6. The molecule has 0 aromatic heterocycles. The zero-order valence-corrected chi connectivity index (χ0v) is 17.2. The minimum absolute atomic E-state index is 0.0405. The summed E-state index contributed by atoms with van der Waals surface area (Å²) in [6.07, 6.45) is 2.10. The van der Waals surface area contributed by atoms with Crippen LogP contribution in [0, 0.1) is 0 Å². The molecular formula is C20H34F3P.